The summed E-state index contributed by atoms with van der Waals surface area (Å²) >= 11 is 0. The second kappa shape index (κ2) is 8.10. The Kier molecular flexibility index (Phi) is 7.15. The van der Waals surface area contributed by atoms with Gasteiger partial charge < -0.3 is 20.3 Å². The summed E-state index contributed by atoms with van der Waals surface area (Å²) in [4.78, 5) is 0. The molecular weight excluding hydrogens is 230 g/mol. The summed E-state index contributed by atoms with van der Waals surface area (Å²) in [6.45, 7) is 5.87. The summed E-state index contributed by atoms with van der Waals surface area (Å²) in [6, 6.07) is 0. The highest BCUT2D eigenvalue weighted by molar-refractivity contribution is 4.84. The summed E-state index contributed by atoms with van der Waals surface area (Å²) in [7, 11) is 0. The second-order valence-corrected chi connectivity index (χ2v) is 5.89. The van der Waals surface area contributed by atoms with Gasteiger partial charge in [0.2, 0.25) is 0 Å². The van der Waals surface area contributed by atoms with Gasteiger partial charge in [-0.2, -0.15) is 0 Å². The van der Waals surface area contributed by atoms with Crippen molar-refractivity contribution in [2.45, 2.75) is 58.2 Å². The van der Waals surface area contributed by atoms with Gasteiger partial charge in [-0.3, -0.25) is 0 Å². The van der Waals surface area contributed by atoms with Crippen molar-refractivity contribution in [2.24, 2.45) is 5.41 Å². The van der Waals surface area contributed by atoms with E-state index in [9.17, 15) is 10.2 Å². The van der Waals surface area contributed by atoms with Crippen LogP contribution >= 0.6 is 0 Å². The maximum Gasteiger partial charge on any atom is 0.0897 e. The fourth-order valence-corrected chi connectivity index (χ4v) is 2.56. The Hall–Kier alpha value is -0.160. The van der Waals surface area contributed by atoms with Crippen molar-refractivity contribution in [2.75, 3.05) is 26.3 Å². The molecule has 4 nitrogen and oxygen atoms in total. The lowest BCUT2D eigenvalue weighted by Crippen LogP contribution is -2.42. The smallest absolute Gasteiger partial charge is 0.0897 e. The van der Waals surface area contributed by atoms with E-state index in [1.54, 1.807) is 0 Å². The van der Waals surface area contributed by atoms with Crippen LogP contribution in [0.3, 0.4) is 0 Å². The van der Waals surface area contributed by atoms with Crippen molar-refractivity contribution in [3.8, 4) is 0 Å². The minimum atomic E-state index is -0.466. The van der Waals surface area contributed by atoms with Crippen LogP contribution in [0.5, 0.6) is 0 Å². The topological polar surface area (TPSA) is 61.7 Å². The van der Waals surface area contributed by atoms with Crippen LogP contribution in [0.15, 0.2) is 0 Å². The number of aliphatic hydroxyl groups excluding tert-OH is 2. The van der Waals surface area contributed by atoms with Gasteiger partial charge in [-0.1, -0.05) is 19.3 Å². The number of rotatable bonds is 8. The van der Waals surface area contributed by atoms with Gasteiger partial charge in [0.1, 0.15) is 0 Å². The number of hydrogen-bond donors (Lipinski definition) is 3. The van der Waals surface area contributed by atoms with Crippen molar-refractivity contribution in [1.82, 2.24) is 5.32 Å². The third kappa shape index (κ3) is 5.65. The van der Waals surface area contributed by atoms with Crippen LogP contribution in [0.25, 0.3) is 0 Å². The fourth-order valence-electron chi connectivity index (χ4n) is 2.56. The van der Waals surface area contributed by atoms with Gasteiger partial charge >= 0.3 is 0 Å². The number of hydrogen-bond acceptors (Lipinski definition) is 4. The first-order chi connectivity index (χ1) is 8.58. The predicted octanol–water partition coefficient (Wildman–Crippen LogP) is 1.30. The van der Waals surface area contributed by atoms with Crippen LogP contribution in [0.4, 0.5) is 0 Å². The molecule has 0 spiro atoms. The van der Waals surface area contributed by atoms with E-state index in [1.165, 1.54) is 19.3 Å². The third-order valence-corrected chi connectivity index (χ3v) is 3.75. The number of aliphatic hydroxyl groups is 2. The molecule has 1 aliphatic rings. The van der Waals surface area contributed by atoms with Gasteiger partial charge in [0, 0.05) is 25.1 Å². The summed E-state index contributed by atoms with van der Waals surface area (Å²) in [5, 5.41) is 22.6. The first kappa shape index (κ1) is 15.9. The minimum Gasteiger partial charge on any atom is -0.396 e. The van der Waals surface area contributed by atoms with Crippen LogP contribution in [-0.2, 0) is 4.74 Å². The lowest BCUT2D eigenvalue weighted by atomic mass is 9.74. The first-order valence-electron chi connectivity index (χ1n) is 7.19. The minimum absolute atomic E-state index is 0.0386. The quantitative estimate of drug-likeness (QED) is 0.615. The average Bonchev–Trinajstić information content (AvgIpc) is 2.37. The molecule has 0 aliphatic heterocycles. The molecule has 0 radical (unpaired) electrons. The van der Waals surface area contributed by atoms with Crippen molar-refractivity contribution in [3.63, 3.8) is 0 Å². The zero-order valence-electron chi connectivity index (χ0n) is 11.8. The Morgan fingerprint density at radius 1 is 1.22 bits per heavy atom. The highest BCUT2D eigenvalue weighted by Crippen LogP contribution is 2.35. The van der Waals surface area contributed by atoms with E-state index in [2.05, 4.69) is 5.32 Å². The number of ether oxygens (including phenoxy) is 1. The van der Waals surface area contributed by atoms with E-state index >= 15 is 0 Å². The van der Waals surface area contributed by atoms with Crippen LogP contribution < -0.4 is 5.32 Å². The summed E-state index contributed by atoms with van der Waals surface area (Å²) in [5.41, 5.74) is 0.0386. The molecule has 1 atom stereocenters. The molecule has 108 valence electrons. The second-order valence-electron chi connectivity index (χ2n) is 5.89. The van der Waals surface area contributed by atoms with E-state index < -0.39 is 6.10 Å². The lowest BCUT2D eigenvalue weighted by molar-refractivity contribution is 0.00353. The Labute approximate surface area is 111 Å². The van der Waals surface area contributed by atoms with Gasteiger partial charge in [-0.05, 0) is 26.7 Å². The fraction of sp³-hybridized carbons (Fsp3) is 1.00. The van der Waals surface area contributed by atoms with Crippen LogP contribution in [-0.4, -0.2) is 48.7 Å². The molecule has 0 aromatic carbocycles. The highest BCUT2D eigenvalue weighted by atomic mass is 16.5. The van der Waals surface area contributed by atoms with Crippen LogP contribution in [0.1, 0.15) is 46.0 Å². The third-order valence-electron chi connectivity index (χ3n) is 3.75. The van der Waals surface area contributed by atoms with Gasteiger partial charge in [0.25, 0.3) is 0 Å². The largest absolute Gasteiger partial charge is 0.396 e. The molecule has 18 heavy (non-hydrogen) atoms. The molecule has 1 fully saturated rings. The standard InChI is InChI=1S/C14H29NO3/c1-12(2)18-9-13(17)8-15-10-14(11-16)6-4-3-5-7-14/h12-13,15-17H,3-11H2,1-2H3. The Morgan fingerprint density at radius 3 is 2.44 bits per heavy atom. The van der Waals surface area contributed by atoms with E-state index in [4.69, 9.17) is 4.74 Å². The van der Waals surface area contributed by atoms with E-state index in [-0.39, 0.29) is 18.1 Å². The molecule has 1 saturated carbocycles. The molecular formula is C14H29NO3. The van der Waals surface area contributed by atoms with Gasteiger partial charge in [0.15, 0.2) is 0 Å². The summed E-state index contributed by atoms with van der Waals surface area (Å²) in [6.07, 6.45) is 5.58. The van der Waals surface area contributed by atoms with Crippen molar-refractivity contribution >= 4 is 0 Å². The SMILES string of the molecule is CC(C)OCC(O)CNCC1(CO)CCCCC1. The average molecular weight is 259 g/mol. The van der Waals surface area contributed by atoms with Crippen LogP contribution in [0.2, 0.25) is 0 Å². The first-order valence-corrected chi connectivity index (χ1v) is 7.19. The molecule has 0 bridgehead atoms. The predicted molar refractivity (Wildman–Crippen MR) is 72.6 cm³/mol. The maximum absolute atomic E-state index is 9.73. The van der Waals surface area contributed by atoms with Gasteiger partial charge in [-0.25, -0.2) is 0 Å². The Morgan fingerprint density at radius 2 is 1.89 bits per heavy atom. The molecule has 0 heterocycles. The van der Waals surface area contributed by atoms with Crippen molar-refractivity contribution in [1.29, 1.82) is 0 Å². The highest BCUT2D eigenvalue weighted by Gasteiger charge is 2.30. The zero-order valence-corrected chi connectivity index (χ0v) is 11.8. The zero-order chi connectivity index (χ0) is 13.4. The van der Waals surface area contributed by atoms with Gasteiger partial charge in [-0.15, -0.1) is 0 Å². The molecule has 1 rings (SSSR count). The normalized spacial score (nSPS) is 21.2. The summed E-state index contributed by atoms with van der Waals surface area (Å²) in [5.74, 6) is 0. The molecule has 0 aromatic rings. The van der Waals surface area contributed by atoms with Crippen molar-refractivity contribution < 1.29 is 14.9 Å². The van der Waals surface area contributed by atoms with Crippen molar-refractivity contribution in [3.05, 3.63) is 0 Å². The summed E-state index contributed by atoms with van der Waals surface area (Å²) < 4.78 is 5.36. The molecule has 1 aliphatic carbocycles. The monoisotopic (exact) mass is 259 g/mol. The lowest BCUT2D eigenvalue weighted by Gasteiger charge is -2.36. The Balaban J connectivity index is 2.18. The van der Waals surface area contributed by atoms with Gasteiger partial charge in [0.05, 0.1) is 18.8 Å². The molecule has 0 amide bonds. The number of nitrogens with one attached hydrogen (secondary N) is 1. The molecule has 0 aromatic heterocycles. The maximum atomic E-state index is 9.73. The van der Waals surface area contributed by atoms with E-state index in [0.717, 1.165) is 19.4 Å². The molecule has 4 heteroatoms. The molecule has 0 saturated heterocycles. The Bertz CT molecular complexity index is 215. The molecule has 3 N–H and O–H groups in total. The van der Waals surface area contributed by atoms with E-state index in [0.29, 0.717) is 13.2 Å². The molecule has 1 unspecified atom stereocenters. The van der Waals surface area contributed by atoms with E-state index in [1.807, 2.05) is 13.8 Å². The van der Waals surface area contributed by atoms with Crippen LogP contribution in [0, 0.1) is 5.41 Å².